The fraction of sp³-hybridized carbons (Fsp3) is 0.556. The first-order valence-electron chi connectivity index (χ1n) is 3.88. The summed E-state index contributed by atoms with van der Waals surface area (Å²) in [4.78, 5) is 0. The Hall–Kier alpha value is -0.560. The SMILES string of the molecule is C1=CCCOCC=CCC1. The lowest BCUT2D eigenvalue weighted by Gasteiger charge is -1.98. The van der Waals surface area contributed by atoms with Crippen molar-refractivity contribution in [2.24, 2.45) is 0 Å². The summed E-state index contributed by atoms with van der Waals surface area (Å²) in [6, 6.07) is 0. The van der Waals surface area contributed by atoms with Gasteiger partial charge in [0.05, 0.1) is 13.2 Å². The molecule has 0 radical (unpaired) electrons. The van der Waals surface area contributed by atoms with Gasteiger partial charge in [0, 0.05) is 0 Å². The molecule has 0 spiro atoms. The van der Waals surface area contributed by atoms with Gasteiger partial charge in [-0.15, -0.1) is 0 Å². The molecule has 0 unspecified atom stereocenters. The van der Waals surface area contributed by atoms with Crippen molar-refractivity contribution in [1.82, 2.24) is 0 Å². The highest BCUT2D eigenvalue weighted by molar-refractivity contribution is 4.89. The van der Waals surface area contributed by atoms with Crippen LogP contribution in [0.4, 0.5) is 0 Å². The van der Waals surface area contributed by atoms with Gasteiger partial charge in [-0.2, -0.15) is 0 Å². The maximum absolute atomic E-state index is 5.27. The van der Waals surface area contributed by atoms with Crippen LogP contribution in [0.5, 0.6) is 0 Å². The smallest absolute Gasteiger partial charge is 0.0647 e. The minimum Gasteiger partial charge on any atom is -0.377 e. The van der Waals surface area contributed by atoms with Gasteiger partial charge < -0.3 is 4.74 Å². The molecule has 0 amide bonds. The largest absolute Gasteiger partial charge is 0.377 e. The highest BCUT2D eigenvalue weighted by Gasteiger charge is 1.84. The van der Waals surface area contributed by atoms with Crippen molar-refractivity contribution >= 4 is 0 Å². The fourth-order valence-corrected chi connectivity index (χ4v) is 0.917. The van der Waals surface area contributed by atoms with E-state index < -0.39 is 0 Å². The molecule has 0 aromatic rings. The van der Waals surface area contributed by atoms with E-state index in [9.17, 15) is 0 Å². The molecule has 1 rings (SSSR count). The van der Waals surface area contributed by atoms with Gasteiger partial charge in [0.1, 0.15) is 0 Å². The second-order valence-electron chi connectivity index (χ2n) is 2.38. The van der Waals surface area contributed by atoms with Crippen molar-refractivity contribution in [2.75, 3.05) is 13.2 Å². The van der Waals surface area contributed by atoms with Crippen LogP contribution in [0.15, 0.2) is 24.3 Å². The van der Waals surface area contributed by atoms with Crippen molar-refractivity contribution in [2.45, 2.75) is 19.3 Å². The Bertz CT molecular complexity index is 109. The van der Waals surface area contributed by atoms with Crippen LogP contribution in [-0.2, 0) is 4.74 Å². The minimum absolute atomic E-state index is 0.786. The number of hydrogen-bond donors (Lipinski definition) is 0. The third-order valence-electron chi connectivity index (χ3n) is 1.48. The molecule has 0 N–H and O–H groups in total. The quantitative estimate of drug-likeness (QED) is 0.467. The average Bonchev–Trinajstić information content (AvgIpc) is 2.01. The van der Waals surface area contributed by atoms with Crippen molar-refractivity contribution in [3.63, 3.8) is 0 Å². The summed E-state index contributed by atoms with van der Waals surface area (Å²) >= 11 is 0. The molecule has 1 heteroatoms. The summed E-state index contributed by atoms with van der Waals surface area (Å²) in [6.07, 6.45) is 12.1. The summed E-state index contributed by atoms with van der Waals surface area (Å²) in [7, 11) is 0. The highest BCUT2D eigenvalue weighted by atomic mass is 16.5. The third-order valence-corrected chi connectivity index (χ3v) is 1.48. The fourth-order valence-electron chi connectivity index (χ4n) is 0.917. The molecule has 0 bridgehead atoms. The van der Waals surface area contributed by atoms with E-state index in [-0.39, 0.29) is 0 Å². The van der Waals surface area contributed by atoms with E-state index in [2.05, 4.69) is 24.3 Å². The molecule has 1 aliphatic heterocycles. The van der Waals surface area contributed by atoms with Gasteiger partial charge in [0.15, 0.2) is 0 Å². The van der Waals surface area contributed by atoms with Crippen LogP contribution in [0, 0.1) is 0 Å². The van der Waals surface area contributed by atoms with Crippen LogP contribution in [0.3, 0.4) is 0 Å². The predicted molar refractivity (Wildman–Crippen MR) is 43.0 cm³/mol. The van der Waals surface area contributed by atoms with Gasteiger partial charge in [-0.3, -0.25) is 0 Å². The van der Waals surface area contributed by atoms with E-state index in [1.807, 2.05) is 0 Å². The molecule has 0 aromatic heterocycles. The molecule has 1 heterocycles. The topological polar surface area (TPSA) is 9.23 Å². The molecule has 10 heavy (non-hydrogen) atoms. The van der Waals surface area contributed by atoms with Crippen molar-refractivity contribution < 1.29 is 4.74 Å². The van der Waals surface area contributed by atoms with Crippen LogP contribution >= 0.6 is 0 Å². The van der Waals surface area contributed by atoms with Gasteiger partial charge >= 0.3 is 0 Å². The second-order valence-corrected chi connectivity index (χ2v) is 2.38. The van der Waals surface area contributed by atoms with Crippen LogP contribution in [-0.4, -0.2) is 13.2 Å². The van der Waals surface area contributed by atoms with Crippen LogP contribution in [0.2, 0.25) is 0 Å². The highest BCUT2D eigenvalue weighted by Crippen LogP contribution is 1.97. The number of rotatable bonds is 0. The van der Waals surface area contributed by atoms with Crippen LogP contribution in [0.1, 0.15) is 19.3 Å². The minimum atomic E-state index is 0.786. The first-order valence-corrected chi connectivity index (χ1v) is 3.88. The predicted octanol–water partition coefficient (Wildman–Crippen LogP) is 2.30. The zero-order valence-corrected chi connectivity index (χ0v) is 6.25. The molecule has 1 nitrogen and oxygen atoms in total. The molecule has 0 aromatic carbocycles. The Morgan fingerprint density at radius 2 is 1.50 bits per heavy atom. The molecule has 0 saturated heterocycles. The molecule has 1 aliphatic rings. The molecule has 0 saturated carbocycles. The van der Waals surface area contributed by atoms with Gasteiger partial charge in [0.2, 0.25) is 0 Å². The van der Waals surface area contributed by atoms with Crippen molar-refractivity contribution in [3.05, 3.63) is 24.3 Å². The van der Waals surface area contributed by atoms with Crippen LogP contribution < -0.4 is 0 Å². The van der Waals surface area contributed by atoms with E-state index in [4.69, 9.17) is 4.74 Å². The monoisotopic (exact) mass is 138 g/mol. The van der Waals surface area contributed by atoms with Gasteiger partial charge in [-0.1, -0.05) is 24.3 Å². The number of allylic oxidation sites excluding steroid dienone is 2. The Kier molecular flexibility index (Phi) is 3.96. The Balaban J connectivity index is 2.23. The second kappa shape index (κ2) is 5.24. The van der Waals surface area contributed by atoms with Gasteiger partial charge in [-0.25, -0.2) is 0 Å². The third kappa shape index (κ3) is 3.46. The Morgan fingerprint density at radius 3 is 2.40 bits per heavy atom. The standard InChI is InChI=1S/C9H14O/c1-2-4-6-8-10-9-7-5-3-1/h2,4-5,7H,1,3,6,8-9H2. The number of ether oxygens (including phenoxy) is 1. The lowest BCUT2D eigenvalue weighted by Crippen LogP contribution is -1.93. The summed E-state index contributed by atoms with van der Waals surface area (Å²) in [5.74, 6) is 0. The zero-order valence-electron chi connectivity index (χ0n) is 6.25. The van der Waals surface area contributed by atoms with E-state index in [0.717, 1.165) is 26.1 Å². The van der Waals surface area contributed by atoms with E-state index in [0.29, 0.717) is 0 Å². The van der Waals surface area contributed by atoms with E-state index in [1.165, 1.54) is 6.42 Å². The Morgan fingerprint density at radius 1 is 0.800 bits per heavy atom. The molecule has 56 valence electrons. The maximum Gasteiger partial charge on any atom is 0.0647 e. The normalized spacial score (nSPS) is 20.8. The number of hydrogen-bond acceptors (Lipinski definition) is 1. The van der Waals surface area contributed by atoms with Crippen molar-refractivity contribution in [1.29, 1.82) is 0 Å². The lowest BCUT2D eigenvalue weighted by molar-refractivity contribution is 0.167. The molecule has 0 aliphatic carbocycles. The van der Waals surface area contributed by atoms with E-state index in [1.54, 1.807) is 0 Å². The van der Waals surface area contributed by atoms with E-state index >= 15 is 0 Å². The molecule has 0 fully saturated rings. The van der Waals surface area contributed by atoms with Crippen LogP contribution in [0.25, 0.3) is 0 Å². The average molecular weight is 138 g/mol. The zero-order chi connectivity index (χ0) is 7.07. The molecule has 0 atom stereocenters. The molecular weight excluding hydrogens is 124 g/mol. The lowest BCUT2D eigenvalue weighted by atomic mass is 10.2. The summed E-state index contributed by atoms with van der Waals surface area (Å²) in [5, 5.41) is 0. The van der Waals surface area contributed by atoms with Gasteiger partial charge in [0.25, 0.3) is 0 Å². The first kappa shape index (κ1) is 7.55. The maximum atomic E-state index is 5.27. The summed E-state index contributed by atoms with van der Waals surface area (Å²) < 4.78 is 5.27. The Labute approximate surface area is 62.4 Å². The summed E-state index contributed by atoms with van der Waals surface area (Å²) in [6.45, 7) is 1.65. The van der Waals surface area contributed by atoms with Crippen molar-refractivity contribution in [3.8, 4) is 0 Å². The first-order chi connectivity index (χ1) is 5.00. The summed E-state index contributed by atoms with van der Waals surface area (Å²) in [5.41, 5.74) is 0. The molecular formula is C9H14O. The van der Waals surface area contributed by atoms with Gasteiger partial charge in [-0.05, 0) is 19.3 Å².